The van der Waals surface area contributed by atoms with Crippen LogP contribution in [0.4, 0.5) is 52.7 Å². The van der Waals surface area contributed by atoms with Gasteiger partial charge in [0.15, 0.2) is 0 Å². The van der Waals surface area contributed by atoms with E-state index in [-0.39, 0.29) is 0 Å². The van der Waals surface area contributed by atoms with Gasteiger partial charge in [-0.2, -0.15) is 52.7 Å². The van der Waals surface area contributed by atoms with Crippen LogP contribution >= 0.6 is 0 Å². The van der Waals surface area contributed by atoms with Gasteiger partial charge in [-0.3, -0.25) is 0 Å². The normalized spacial score (nSPS) is 15.8. The molecule has 116 valence electrons. The summed E-state index contributed by atoms with van der Waals surface area (Å²) in [6, 6.07) is 0. The molecular formula is C6H2F12O. The maximum Gasteiger partial charge on any atom is 0.435 e. The summed E-state index contributed by atoms with van der Waals surface area (Å²) in [6.07, 6.45) is -27.3. The van der Waals surface area contributed by atoms with E-state index in [1.165, 1.54) is 0 Å². The van der Waals surface area contributed by atoms with Crippen molar-refractivity contribution < 1.29 is 57.4 Å². The molecule has 19 heavy (non-hydrogen) atoms. The summed E-state index contributed by atoms with van der Waals surface area (Å²) in [5.74, 6) is 0. The summed E-state index contributed by atoms with van der Waals surface area (Å²) < 4.78 is 145. The second-order valence-corrected chi connectivity index (χ2v) is 3.08. The van der Waals surface area contributed by atoms with Gasteiger partial charge in [-0.1, -0.05) is 0 Å². The van der Waals surface area contributed by atoms with E-state index in [1.807, 2.05) is 0 Å². The first-order chi connectivity index (χ1) is 7.96. The summed E-state index contributed by atoms with van der Waals surface area (Å²) in [5.41, 5.74) is -6.90. The van der Waals surface area contributed by atoms with E-state index < -0.39 is 36.9 Å². The molecule has 0 rings (SSSR count). The number of hydrogen-bond acceptors (Lipinski definition) is 1. The first-order valence-corrected chi connectivity index (χ1v) is 3.86. The summed E-state index contributed by atoms with van der Waals surface area (Å²) >= 11 is 0. The Balaban J connectivity index is 5.83. The van der Waals surface area contributed by atoms with Crippen LogP contribution in [0.25, 0.3) is 0 Å². The molecule has 0 N–H and O–H groups in total. The van der Waals surface area contributed by atoms with Gasteiger partial charge in [0.2, 0.25) is 0 Å². The zero-order chi connectivity index (χ0) is 15.9. The third-order valence-electron chi connectivity index (χ3n) is 1.65. The highest BCUT2D eigenvalue weighted by Gasteiger charge is 2.85. The first kappa shape index (κ1) is 18.1. The van der Waals surface area contributed by atoms with Crippen molar-refractivity contribution in [2.45, 2.75) is 30.3 Å². The van der Waals surface area contributed by atoms with Crippen molar-refractivity contribution >= 4 is 0 Å². The Morgan fingerprint density at radius 3 is 0.947 bits per heavy atom. The molecule has 0 aliphatic carbocycles. The average Bonchev–Trinajstić information content (AvgIpc) is 1.92. The predicted octanol–water partition coefficient (Wildman–Crippen LogP) is 3.99. The Hall–Kier alpha value is -0.880. The van der Waals surface area contributed by atoms with Crippen LogP contribution in [-0.2, 0) is 4.74 Å². The van der Waals surface area contributed by atoms with Crippen molar-refractivity contribution in [3.63, 3.8) is 0 Å². The molecule has 0 aliphatic rings. The van der Waals surface area contributed by atoms with Gasteiger partial charge in [0.25, 0.3) is 0 Å². The van der Waals surface area contributed by atoms with E-state index >= 15 is 0 Å². The van der Waals surface area contributed by atoms with Crippen molar-refractivity contribution in [3.05, 3.63) is 0 Å². The molecule has 0 aromatic heterocycles. The largest absolute Gasteiger partial charge is 0.435 e. The molecule has 0 fully saturated rings. The Morgan fingerprint density at radius 2 is 0.789 bits per heavy atom. The number of rotatable bonds is 2. The van der Waals surface area contributed by atoms with Gasteiger partial charge in [-0.15, -0.1) is 0 Å². The Labute approximate surface area is 95.7 Å². The van der Waals surface area contributed by atoms with E-state index in [2.05, 4.69) is 4.74 Å². The minimum atomic E-state index is -7.17. The van der Waals surface area contributed by atoms with Crippen LogP contribution in [0.5, 0.6) is 0 Å². The molecule has 0 heterocycles. The van der Waals surface area contributed by atoms with Crippen molar-refractivity contribution in [1.29, 1.82) is 0 Å². The Kier molecular flexibility index (Phi) is 4.38. The molecule has 0 unspecified atom stereocenters. The maximum absolute atomic E-state index is 12.0. The topological polar surface area (TPSA) is 9.23 Å². The van der Waals surface area contributed by atoms with Crippen molar-refractivity contribution in [1.82, 2.24) is 0 Å². The second-order valence-electron chi connectivity index (χ2n) is 3.08. The number of hydrogen-bond donors (Lipinski definition) is 0. The van der Waals surface area contributed by atoms with Gasteiger partial charge < -0.3 is 4.74 Å². The van der Waals surface area contributed by atoms with Gasteiger partial charge in [0.1, 0.15) is 6.61 Å². The fourth-order valence-corrected chi connectivity index (χ4v) is 0.918. The van der Waals surface area contributed by atoms with E-state index in [9.17, 15) is 52.7 Å². The standard InChI is InChI=1S/C6H2F12O/c7-2(8,9)1-19-3(4(10,11)12,5(13,14)15)6(16,17)18/h1H2. The van der Waals surface area contributed by atoms with Crippen LogP contribution in [-0.4, -0.2) is 36.9 Å². The highest BCUT2D eigenvalue weighted by atomic mass is 19.4. The number of ether oxygens (including phenoxy) is 1. The molecule has 0 spiro atoms. The van der Waals surface area contributed by atoms with Crippen LogP contribution in [0.15, 0.2) is 0 Å². The first-order valence-electron chi connectivity index (χ1n) is 3.86. The van der Waals surface area contributed by atoms with Crippen LogP contribution < -0.4 is 0 Å². The van der Waals surface area contributed by atoms with Gasteiger partial charge in [0, 0.05) is 0 Å². The molecule has 1 nitrogen and oxygen atoms in total. The van der Waals surface area contributed by atoms with Crippen molar-refractivity contribution in [2.24, 2.45) is 0 Å². The van der Waals surface area contributed by atoms with E-state index in [4.69, 9.17) is 0 Å². The lowest BCUT2D eigenvalue weighted by Crippen LogP contribution is -2.68. The van der Waals surface area contributed by atoms with Gasteiger partial charge >= 0.3 is 30.3 Å². The molecule has 0 bridgehead atoms. The van der Waals surface area contributed by atoms with E-state index in [0.29, 0.717) is 0 Å². The highest BCUT2D eigenvalue weighted by Crippen LogP contribution is 2.55. The Morgan fingerprint density at radius 1 is 0.526 bits per heavy atom. The maximum atomic E-state index is 12.0. The van der Waals surface area contributed by atoms with Crippen LogP contribution in [0.3, 0.4) is 0 Å². The molecule has 0 saturated carbocycles. The zero-order valence-electron chi connectivity index (χ0n) is 8.15. The zero-order valence-corrected chi connectivity index (χ0v) is 8.15. The monoisotopic (exact) mass is 318 g/mol. The molecule has 0 aliphatic heterocycles. The Bertz CT molecular complexity index is 266. The quantitative estimate of drug-likeness (QED) is 0.700. The summed E-state index contributed by atoms with van der Waals surface area (Å²) in [4.78, 5) is 0. The molecule has 0 atom stereocenters. The van der Waals surface area contributed by atoms with E-state index in [1.54, 1.807) is 0 Å². The molecule has 0 amide bonds. The lowest BCUT2D eigenvalue weighted by atomic mass is 10.0. The third kappa shape index (κ3) is 3.57. The molecule has 0 radical (unpaired) electrons. The highest BCUT2D eigenvalue weighted by molar-refractivity contribution is 5.02. The van der Waals surface area contributed by atoms with Crippen LogP contribution in [0, 0.1) is 0 Å². The van der Waals surface area contributed by atoms with Gasteiger partial charge in [-0.25, -0.2) is 0 Å². The SMILES string of the molecule is FC(F)(F)COC(C(F)(F)F)(C(F)(F)F)C(F)(F)F. The van der Waals surface area contributed by atoms with Crippen molar-refractivity contribution in [2.75, 3.05) is 6.61 Å². The molecular weight excluding hydrogens is 316 g/mol. The smallest absolute Gasteiger partial charge is 0.342 e. The molecule has 0 saturated heterocycles. The molecule has 13 heteroatoms. The van der Waals surface area contributed by atoms with Crippen molar-refractivity contribution in [3.8, 4) is 0 Å². The fraction of sp³-hybridized carbons (Fsp3) is 1.00. The van der Waals surface area contributed by atoms with Crippen LogP contribution in [0.2, 0.25) is 0 Å². The van der Waals surface area contributed by atoms with Gasteiger partial charge in [0.05, 0.1) is 0 Å². The average molecular weight is 318 g/mol. The predicted molar refractivity (Wildman–Crippen MR) is 32.9 cm³/mol. The molecule has 0 aromatic carbocycles. The second kappa shape index (κ2) is 4.59. The fourth-order valence-electron chi connectivity index (χ4n) is 0.918. The number of alkyl halides is 12. The number of halogens is 12. The lowest BCUT2D eigenvalue weighted by molar-refractivity contribution is -0.464. The molecule has 0 aromatic rings. The minimum absolute atomic E-state index is 2.19. The van der Waals surface area contributed by atoms with Gasteiger partial charge in [-0.05, 0) is 0 Å². The van der Waals surface area contributed by atoms with Crippen LogP contribution in [0.1, 0.15) is 0 Å². The summed E-state index contributed by atoms with van der Waals surface area (Å²) in [5, 5.41) is 0. The minimum Gasteiger partial charge on any atom is -0.342 e. The van der Waals surface area contributed by atoms with E-state index in [0.717, 1.165) is 0 Å². The lowest BCUT2D eigenvalue weighted by Gasteiger charge is -2.38. The third-order valence-corrected chi connectivity index (χ3v) is 1.65. The summed E-state index contributed by atoms with van der Waals surface area (Å²) in [6.45, 7) is -3.37. The summed E-state index contributed by atoms with van der Waals surface area (Å²) in [7, 11) is 0.